The zero-order valence-electron chi connectivity index (χ0n) is 15.8. The van der Waals surface area contributed by atoms with E-state index in [-0.39, 0.29) is 5.75 Å². The van der Waals surface area contributed by atoms with Gasteiger partial charge in [-0.1, -0.05) is 0 Å². The topological polar surface area (TPSA) is 92.0 Å². The van der Waals surface area contributed by atoms with E-state index in [4.69, 9.17) is 0 Å². The third-order valence-electron chi connectivity index (χ3n) is 6.06. The highest BCUT2D eigenvalue weighted by Gasteiger charge is 2.52. The highest BCUT2D eigenvalue weighted by molar-refractivity contribution is 5.68. The predicted octanol–water partition coefficient (Wildman–Crippen LogP) is 2.01. The van der Waals surface area contributed by atoms with Crippen LogP contribution in [0.4, 0.5) is 5.95 Å². The standard InChI is InChI=1S/C20H23N7O/c1-26(18-4-7-21-12-20(18)5-6-20)19-23-11-16(24-25-19)15-3-2-14(10-17(15)28)27-9-8-22-13-27/h2-3,8-11,13,18,21,28H,4-7,12H2,1H3/t18-/m1/s1. The Morgan fingerprint density at radius 3 is 2.86 bits per heavy atom. The molecule has 1 aliphatic heterocycles. The molecule has 1 aromatic carbocycles. The number of nitrogens with one attached hydrogen (secondary N) is 1. The van der Waals surface area contributed by atoms with Crippen LogP contribution in [0.3, 0.4) is 0 Å². The number of imidazole rings is 1. The molecule has 8 nitrogen and oxygen atoms in total. The van der Waals surface area contributed by atoms with E-state index in [2.05, 4.69) is 37.4 Å². The molecule has 3 aromatic rings. The van der Waals surface area contributed by atoms with Crippen molar-refractivity contribution in [2.75, 3.05) is 25.0 Å². The molecular weight excluding hydrogens is 354 g/mol. The highest BCUT2D eigenvalue weighted by atomic mass is 16.3. The number of rotatable bonds is 4. The van der Waals surface area contributed by atoms with Crippen LogP contribution in [-0.4, -0.2) is 56.0 Å². The van der Waals surface area contributed by atoms with Crippen molar-refractivity contribution in [1.29, 1.82) is 0 Å². The Labute approximate surface area is 163 Å². The van der Waals surface area contributed by atoms with Gasteiger partial charge in [0.2, 0.25) is 5.95 Å². The number of aromatic nitrogens is 5. The molecule has 1 saturated carbocycles. The molecule has 2 aliphatic rings. The summed E-state index contributed by atoms with van der Waals surface area (Å²) in [6, 6.07) is 5.87. The Hall–Kier alpha value is -3.00. The summed E-state index contributed by atoms with van der Waals surface area (Å²) in [5.41, 5.74) is 2.37. The minimum atomic E-state index is 0.138. The Morgan fingerprint density at radius 1 is 1.29 bits per heavy atom. The SMILES string of the molecule is CN(c1ncc(-c2ccc(-n3ccnc3)cc2O)nn1)[C@@H]1CCNCC12CC2. The minimum absolute atomic E-state index is 0.138. The second kappa shape index (κ2) is 6.56. The molecule has 1 atom stereocenters. The summed E-state index contributed by atoms with van der Waals surface area (Å²) in [6.45, 7) is 2.10. The third kappa shape index (κ3) is 2.90. The quantitative estimate of drug-likeness (QED) is 0.718. The van der Waals surface area contributed by atoms with Crippen molar-refractivity contribution in [2.45, 2.75) is 25.3 Å². The molecule has 1 saturated heterocycles. The number of benzene rings is 1. The molecule has 2 fully saturated rings. The Kier molecular flexibility index (Phi) is 4.01. The molecule has 1 spiro atoms. The van der Waals surface area contributed by atoms with Gasteiger partial charge < -0.3 is 19.9 Å². The third-order valence-corrected chi connectivity index (χ3v) is 6.06. The average Bonchev–Trinajstić information content (AvgIpc) is 3.27. The van der Waals surface area contributed by atoms with E-state index < -0.39 is 0 Å². The molecule has 5 rings (SSSR count). The van der Waals surface area contributed by atoms with Crippen LogP contribution in [0.25, 0.3) is 16.9 Å². The van der Waals surface area contributed by atoms with Gasteiger partial charge in [-0.05, 0) is 37.9 Å². The maximum Gasteiger partial charge on any atom is 0.245 e. The highest BCUT2D eigenvalue weighted by Crippen LogP contribution is 2.52. The summed E-state index contributed by atoms with van der Waals surface area (Å²) >= 11 is 0. The molecule has 1 aliphatic carbocycles. The van der Waals surface area contributed by atoms with E-state index in [0.29, 0.717) is 28.7 Å². The van der Waals surface area contributed by atoms with Gasteiger partial charge in [0.05, 0.1) is 18.2 Å². The van der Waals surface area contributed by atoms with Gasteiger partial charge in [-0.25, -0.2) is 9.97 Å². The van der Waals surface area contributed by atoms with E-state index in [1.54, 1.807) is 24.8 Å². The van der Waals surface area contributed by atoms with E-state index in [0.717, 1.165) is 25.2 Å². The van der Waals surface area contributed by atoms with Gasteiger partial charge in [-0.3, -0.25) is 0 Å². The Balaban J connectivity index is 1.38. The van der Waals surface area contributed by atoms with Crippen molar-refractivity contribution in [3.05, 3.63) is 43.1 Å². The first-order valence-corrected chi connectivity index (χ1v) is 9.61. The smallest absolute Gasteiger partial charge is 0.245 e. The molecule has 0 amide bonds. The van der Waals surface area contributed by atoms with Gasteiger partial charge in [0.1, 0.15) is 11.4 Å². The number of hydrogen-bond donors (Lipinski definition) is 2. The summed E-state index contributed by atoms with van der Waals surface area (Å²) in [7, 11) is 2.06. The molecule has 0 bridgehead atoms. The van der Waals surface area contributed by atoms with Gasteiger partial charge in [0.25, 0.3) is 0 Å². The van der Waals surface area contributed by atoms with Gasteiger partial charge in [0, 0.05) is 49.1 Å². The first kappa shape index (κ1) is 17.1. The summed E-state index contributed by atoms with van der Waals surface area (Å²) < 4.78 is 1.83. The lowest BCUT2D eigenvalue weighted by Crippen LogP contribution is -2.50. The first-order chi connectivity index (χ1) is 13.7. The second-order valence-corrected chi connectivity index (χ2v) is 7.77. The molecule has 8 heteroatoms. The van der Waals surface area contributed by atoms with Gasteiger partial charge in [-0.15, -0.1) is 10.2 Å². The normalized spacial score (nSPS) is 20.2. The molecule has 144 valence electrons. The zero-order chi connectivity index (χ0) is 19.1. The van der Waals surface area contributed by atoms with Gasteiger partial charge >= 0.3 is 0 Å². The van der Waals surface area contributed by atoms with Crippen LogP contribution in [0.5, 0.6) is 5.75 Å². The average molecular weight is 377 g/mol. The lowest BCUT2D eigenvalue weighted by molar-refractivity contribution is 0.294. The summed E-state index contributed by atoms with van der Waals surface area (Å²) in [5.74, 6) is 0.773. The van der Waals surface area contributed by atoms with Crippen LogP contribution < -0.4 is 10.2 Å². The van der Waals surface area contributed by atoms with E-state index in [9.17, 15) is 5.11 Å². The van der Waals surface area contributed by atoms with Gasteiger partial charge in [-0.2, -0.15) is 0 Å². The number of hydrogen-bond acceptors (Lipinski definition) is 7. The maximum atomic E-state index is 10.5. The van der Waals surface area contributed by atoms with Crippen LogP contribution >= 0.6 is 0 Å². The van der Waals surface area contributed by atoms with Crippen molar-refractivity contribution >= 4 is 5.95 Å². The lowest BCUT2D eigenvalue weighted by Gasteiger charge is -2.38. The van der Waals surface area contributed by atoms with Crippen molar-refractivity contribution in [3.8, 4) is 22.7 Å². The van der Waals surface area contributed by atoms with Gasteiger partial charge in [0.15, 0.2) is 0 Å². The maximum absolute atomic E-state index is 10.5. The molecule has 0 unspecified atom stereocenters. The van der Waals surface area contributed by atoms with E-state index in [1.165, 1.54) is 12.8 Å². The van der Waals surface area contributed by atoms with Crippen LogP contribution in [0.2, 0.25) is 0 Å². The predicted molar refractivity (Wildman–Crippen MR) is 105 cm³/mol. The largest absolute Gasteiger partial charge is 0.507 e. The fourth-order valence-electron chi connectivity index (χ4n) is 4.28. The molecule has 28 heavy (non-hydrogen) atoms. The zero-order valence-corrected chi connectivity index (χ0v) is 15.8. The van der Waals surface area contributed by atoms with Crippen molar-refractivity contribution in [1.82, 2.24) is 30.0 Å². The molecule has 2 N–H and O–H groups in total. The van der Waals surface area contributed by atoms with E-state index >= 15 is 0 Å². The lowest BCUT2D eigenvalue weighted by atomic mass is 9.89. The second-order valence-electron chi connectivity index (χ2n) is 7.77. The molecular formula is C20H23N7O. The number of phenols is 1. The molecule has 2 aromatic heterocycles. The van der Waals surface area contributed by atoms with Crippen molar-refractivity contribution < 1.29 is 5.11 Å². The monoisotopic (exact) mass is 377 g/mol. The van der Waals surface area contributed by atoms with Crippen LogP contribution in [0.15, 0.2) is 43.1 Å². The number of aromatic hydroxyl groups is 1. The van der Waals surface area contributed by atoms with Crippen LogP contribution in [0, 0.1) is 5.41 Å². The van der Waals surface area contributed by atoms with Crippen LogP contribution in [-0.2, 0) is 0 Å². The van der Waals surface area contributed by atoms with Crippen molar-refractivity contribution in [3.63, 3.8) is 0 Å². The van der Waals surface area contributed by atoms with E-state index in [1.807, 2.05) is 22.9 Å². The number of piperidine rings is 1. The summed E-state index contributed by atoms with van der Waals surface area (Å²) in [5, 5.41) is 22.7. The fraction of sp³-hybridized carbons (Fsp3) is 0.400. The molecule has 0 radical (unpaired) electrons. The minimum Gasteiger partial charge on any atom is -0.507 e. The number of anilines is 1. The number of nitrogens with zero attached hydrogens (tertiary/aromatic N) is 6. The Morgan fingerprint density at radius 2 is 2.18 bits per heavy atom. The molecule has 3 heterocycles. The Bertz CT molecular complexity index is 967. The summed E-state index contributed by atoms with van der Waals surface area (Å²) in [6.07, 6.45) is 10.5. The summed E-state index contributed by atoms with van der Waals surface area (Å²) in [4.78, 5) is 10.7. The number of phenolic OH excluding ortho intramolecular Hbond substituents is 1. The van der Waals surface area contributed by atoms with Crippen LogP contribution in [0.1, 0.15) is 19.3 Å². The fourth-order valence-corrected chi connectivity index (χ4v) is 4.28. The van der Waals surface area contributed by atoms with Crippen molar-refractivity contribution in [2.24, 2.45) is 5.41 Å². The first-order valence-electron chi connectivity index (χ1n) is 9.61.